The van der Waals surface area contributed by atoms with Crippen molar-refractivity contribution in [1.29, 1.82) is 0 Å². The molecule has 4 atom stereocenters. The maximum atomic E-state index is 15.6. The lowest BCUT2D eigenvalue weighted by atomic mass is 9.77. The van der Waals surface area contributed by atoms with Gasteiger partial charge in [0.15, 0.2) is 62.4 Å². The average molecular weight is 1180 g/mol. The number of aromatic nitrogens is 4. The first-order valence-corrected chi connectivity index (χ1v) is 34.4. The van der Waals surface area contributed by atoms with E-state index in [2.05, 4.69) is 158 Å². The van der Waals surface area contributed by atoms with E-state index in [1.165, 1.54) is 0 Å². The highest BCUT2D eigenvalue weighted by Crippen LogP contribution is 2.50. The summed E-state index contributed by atoms with van der Waals surface area (Å²) in [5, 5.41) is 3.72. The van der Waals surface area contributed by atoms with E-state index in [0.29, 0.717) is 69.8 Å². The van der Waals surface area contributed by atoms with Crippen LogP contribution in [0.4, 0.5) is 11.5 Å². The molecule has 2 aliphatic heterocycles. The Morgan fingerprint density at radius 1 is 0.690 bits per heavy atom. The minimum Gasteiger partial charge on any atom is -0.543 e. The van der Waals surface area contributed by atoms with Gasteiger partial charge in [0.25, 0.3) is 5.91 Å². The molecular weight excluding hydrogens is 1090 g/mol. The van der Waals surface area contributed by atoms with Gasteiger partial charge < -0.3 is 52.2 Å². The molecule has 18 heteroatoms. The van der Waals surface area contributed by atoms with E-state index in [0.717, 1.165) is 22.3 Å². The fraction of sp³-hybridized carbons (Fsp3) is 0.394. The predicted octanol–water partition coefficient (Wildman–Crippen LogP) is 13.8. The van der Waals surface area contributed by atoms with Gasteiger partial charge >= 0.3 is 0 Å². The Labute approximate surface area is 497 Å². The molecule has 0 unspecified atom stereocenters. The van der Waals surface area contributed by atoms with Crippen molar-refractivity contribution in [3.8, 4) is 28.7 Å². The summed E-state index contributed by atoms with van der Waals surface area (Å²) in [6.45, 7) is 22.1. The van der Waals surface area contributed by atoms with Gasteiger partial charge in [-0.05, 0) is 84.0 Å². The number of anilines is 2. The molecule has 4 heterocycles. The number of carbonyl (C=O) groups is 1. The van der Waals surface area contributed by atoms with Gasteiger partial charge in [-0.15, -0.1) is 0 Å². The summed E-state index contributed by atoms with van der Waals surface area (Å²) in [7, 11) is 1.51. The van der Waals surface area contributed by atoms with Crippen LogP contribution in [0.3, 0.4) is 0 Å². The number of imidazole rings is 1. The Balaban J connectivity index is 1.18. The standard InChI is InChI=1S/C66H82N6O10Si2/c1-64(2,3)83(11,12)81-49-35-34-45(54(38-49)76-9)40-71-52-39-55(78-43-74-7)59(77-10)51(58(52)79-44-75-8)33-25-24-32-50-53(36-37-56(71)73)80-63(60(50)82-84(13,14)65(4,5)6)72-42-69-57-61(67-41-68-62(57)72)70-66(46-26-18-15-19-27-46,47-28-20-16-21-29-47)48-30-22-17-23-31-48/h15-31,34-39,41-42,50,53,60,63H,32-33,40,43-44H2,1-14H3,(H,67,68,70)/b25-24+,37-36+/t50-,53-,60-,63-/m1/s1. The first kappa shape index (κ1) is 61.2. The van der Waals surface area contributed by atoms with Crippen molar-refractivity contribution in [3.05, 3.63) is 180 Å². The summed E-state index contributed by atoms with van der Waals surface area (Å²) in [6.07, 6.45) is 9.93. The number of allylic oxidation sites excluding steroid dienone is 2. The normalized spacial score (nSPS) is 18.7. The van der Waals surface area contributed by atoms with Crippen LogP contribution in [-0.2, 0) is 41.9 Å². The van der Waals surface area contributed by atoms with Gasteiger partial charge in [-0.2, -0.15) is 0 Å². The smallest absolute Gasteiger partial charge is 0.251 e. The van der Waals surface area contributed by atoms with Crippen LogP contribution < -0.4 is 33.6 Å². The Bertz CT molecular complexity index is 3340. The number of ether oxygens (including phenoxy) is 7. The van der Waals surface area contributed by atoms with Gasteiger partial charge in [-0.25, -0.2) is 15.0 Å². The molecule has 7 aromatic rings. The second-order valence-electron chi connectivity index (χ2n) is 24.4. The molecule has 84 heavy (non-hydrogen) atoms. The van der Waals surface area contributed by atoms with Crippen LogP contribution in [-0.4, -0.2) is 96.3 Å². The molecule has 1 N–H and O–H groups in total. The van der Waals surface area contributed by atoms with Gasteiger partial charge in [0, 0.05) is 49.5 Å². The van der Waals surface area contributed by atoms with Crippen LogP contribution in [0, 0.1) is 5.92 Å². The van der Waals surface area contributed by atoms with Crippen LogP contribution >= 0.6 is 0 Å². The molecule has 9 rings (SSSR count). The first-order valence-electron chi connectivity index (χ1n) is 28.6. The lowest BCUT2D eigenvalue weighted by Crippen LogP contribution is -2.47. The van der Waals surface area contributed by atoms with E-state index in [1.807, 2.05) is 47.0 Å². The second-order valence-corrected chi connectivity index (χ2v) is 33.9. The number of hydrogen-bond acceptors (Lipinski definition) is 14. The summed E-state index contributed by atoms with van der Waals surface area (Å²) in [6, 6.07) is 38.7. The minimum atomic E-state index is -2.57. The van der Waals surface area contributed by atoms with Crippen molar-refractivity contribution < 1.29 is 46.8 Å². The van der Waals surface area contributed by atoms with Crippen LogP contribution in [0.5, 0.6) is 28.7 Å². The molecule has 1 amide bonds. The maximum absolute atomic E-state index is 15.6. The molecule has 5 aromatic carbocycles. The maximum Gasteiger partial charge on any atom is 0.251 e. The Hall–Kier alpha value is -7.33. The number of methoxy groups -OCH3 is 4. The molecule has 2 aliphatic rings. The van der Waals surface area contributed by atoms with Crippen molar-refractivity contribution in [2.75, 3.05) is 52.2 Å². The number of nitrogens with zero attached hydrogens (tertiary/aromatic N) is 5. The van der Waals surface area contributed by atoms with Gasteiger partial charge in [-0.3, -0.25) is 9.36 Å². The SMILES string of the molecule is COCOc1cc2c(OCOC)c(c1OC)C/C=C/C[C@H]1[C@@H](O[Si](C)(C)C(C)(C)C)[C@H](n3cnc4c(NC(c5ccccc5)(c5ccccc5)c5ccccc5)ncnc43)O[C@@H]1/C=C/C(=O)N2Cc1ccc(O[Si](C)(C)C(C)(C)C)cc1OC. The quantitative estimate of drug-likeness (QED) is 0.0332. The Kier molecular flexibility index (Phi) is 18.6. The molecule has 1 fully saturated rings. The summed E-state index contributed by atoms with van der Waals surface area (Å²) in [4.78, 5) is 32.3. The third-order valence-corrected chi connectivity index (χ3v) is 25.8. The average Bonchev–Trinajstić information content (AvgIpc) is 1.76. The van der Waals surface area contributed by atoms with Gasteiger partial charge in [0.2, 0.25) is 8.32 Å². The Morgan fingerprint density at radius 3 is 1.89 bits per heavy atom. The predicted molar refractivity (Wildman–Crippen MR) is 334 cm³/mol. The molecule has 444 valence electrons. The van der Waals surface area contributed by atoms with E-state index in [4.69, 9.17) is 57.0 Å². The number of carbonyl (C=O) groups excluding carboxylic acids is 1. The topological polar surface area (TPSA) is 159 Å². The van der Waals surface area contributed by atoms with Crippen molar-refractivity contribution in [2.24, 2.45) is 5.92 Å². The van der Waals surface area contributed by atoms with E-state index in [9.17, 15) is 0 Å². The lowest BCUT2D eigenvalue weighted by Gasteiger charge is -2.40. The highest BCUT2D eigenvalue weighted by Gasteiger charge is 2.51. The number of nitrogens with one attached hydrogen (secondary N) is 1. The fourth-order valence-corrected chi connectivity index (χ4v) is 12.8. The van der Waals surface area contributed by atoms with Crippen molar-refractivity contribution in [2.45, 2.75) is 121 Å². The number of amides is 1. The fourth-order valence-electron chi connectivity index (χ4n) is 10.5. The van der Waals surface area contributed by atoms with Crippen LogP contribution in [0.15, 0.2) is 152 Å². The van der Waals surface area contributed by atoms with E-state index >= 15 is 4.79 Å². The zero-order valence-electron chi connectivity index (χ0n) is 51.1. The van der Waals surface area contributed by atoms with Gasteiger partial charge in [-0.1, -0.05) is 145 Å². The van der Waals surface area contributed by atoms with E-state index in [1.54, 1.807) is 58.1 Å². The number of benzene rings is 5. The van der Waals surface area contributed by atoms with Gasteiger partial charge in [0.1, 0.15) is 23.4 Å². The lowest BCUT2D eigenvalue weighted by molar-refractivity contribution is -0.114. The summed E-state index contributed by atoms with van der Waals surface area (Å²) < 4.78 is 59.5. The molecule has 16 nitrogen and oxygen atoms in total. The monoisotopic (exact) mass is 1170 g/mol. The largest absolute Gasteiger partial charge is 0.543 e. The van der Waals surface area contributed by atoms with Crippen molar-refractivity contribution in [3.63, 3.8) is 0 Å². The van der Waals surface area contributed by atoms with Crippen LogP contribution in [0.25, 0.3) is 11.2 Å². The number of rotatable bonds is 20. The van der Waals surface area contributed by atoms with Gasteiger partial charge in [0.05, 0.1) is 45.0 Å². The van der Waals surface area contributed by atoms with E-state index in [-0.39, 0.29) is 42.0 Å². The molecular formula is C66H82N6O10Si2. The minimum absolute atomic E-state index is 0.0403. The third-order valence-electron chi connectivity index (χ3n) is 17.0. The highest BCUT2D eigenvalue weighted by molar-refractivity contribution is 6.75. The molecule has 2 aromatic heterocycles. The number of hydrogen-bond donors (Lipinski definition) is 1. The molecule has 2 bridgehead atoms. The third kappa shape index (κ3) is 12.6. The molecule has 0 saturated carbocycles. The second kappa shape index (κ2) is 25.5. The molecule has 1 saturated heterocycles. The zero-order valence-corrected chi connectivity index (χ0v) is 53.1. The zero-order chi connectivity index (χ0) is 60.0. The van der Waals surface area contributed by atoms with Crippen LogP contribution in [0.1, 0.15) is 82.0 Å². The summed E-state index contributed by atoms with van der Waals surface area (Å²) in [5.41, 5.74) is 5.02. The van der Waals surface area contributed by atoms with Crippen molar-refractivity contribution >= 4 is 45.2 Å². The molecule has 0 radical (unpaired) electrons. The van der Waals surface area contributed by atoms with E-state index < -0.39 is 40.6 Å². The van der Waals surface area contributed by atoms with Crippen LogP contribution in [0.2, 0.25) is 36.3 Å². The highest BCUT2D eigenvalue weighted by atomic mass is 28.4. The molecule has 0 aliphatic carbocycles. The molecule has 0 spiro atoms. The van der Waals surface area contributed by atoms with Crippen molar-refractivity contribution in [1.82, 2.24) is 19.5 Å². The summed E-state index contributed by atoms with van der Waals surface area (Å²) in [5.74, 6) is 2.25. The number of fused-ring (bicyclic) bond motifs is 4. The summed E-state index contributed by atoms with van der Waals surface area (Å²) >= 11 is 0. The first-order chi connectivity index (χ1) is 40.2. The Morgan fingerprint density at radius 2 is 1.31 bits per heavy atom.